The Balaban J connectivity index is 2.11. The SMILES string of the molecule is O=C1c2cc(Br)ccc2C2CCCCC12. The summed E-state index contributed by atoms with van der Waals surface area (Å²) in [6, 6.07) is 6.19. The molecular weight excluding hydrogens is 252 g/mol. The molecular formula is C13H13BrO. The zero-order valence-electron chi connectivity index (χ0n) is 8.50. The van der Waals surface area contributed by atoms with Crippen LogP contribution in [0.1, 0.15) is 47.5 Å². The van der Waals surface area contributed by atoms with E-state index in [0.717, 1.165) is 16.5 Å². The van der Waals surface area contributed by atoms with E-state index >= 15 is 0 Å². The van der Waals surface area contributed by atoms with Gasteiger partial charge in [0.25, 0.3) is 0 Å². The minimum Gasteiger partial charge on any atom is -0.294 e. The van der Waals surface area contributed by atoms with Gasteiger partial charge >= 0.3 is 0 Å². The second kappa shape index (κ2) is 3.44. The van der Waals surface area contributed by atoms with E-state index in [1.54, 1.807) is 0 Å². The molecule has 0 saturated heterocycles. The van der Waals surface area contributed by atoms with Crippen molar-refractivity contribution in [1.29, 1.82) is 0 Å². The van der Waals surface area contributed by atoms with Crippen molar-refractivity contribution >= 4 is 21.7 Å². The fourth-order valence-corrected chi connectivity index (χ4v) is 3.44. The van der Waals surface area contributed by atoms with Crippen LogP contribution in [-0.2, 0) is 0 Å². The molecule has 1 aromatic rings. The molecule has 1 saturated carbocycles. The molecule has 2 atom stereocenters. The minimum absolute atomic E-state index is 0.294. The summed E-state index contributed by atoms with van der Waals surface area (Å²) in [7, 11) is 0. The van der Waals surface area contributed by atoms with Gasteiger partial charge in [0.2, 0.25) is 0 Å². The molecule has 0 spiro atoms. The predicted octanol–water partition coefficient (Wildman–Crippen LogP) is 3.92. The quantitative estimate of drug-likeness (QED) is 0.694. The summed E-state index contributed by atoms with van der Waals surface area (Å²) in [6.45, 7) is 0. The number of Topliss-reactive ketones (excluding diaryl/α,β-unsaturated/α-hetero) is 1. The van der Waals surface area contributed by atoms with Crippen LogP contribution in [-0.4, -0.2) is 5.78 Å². The van der Waals surface area contributed by atoms with Crippen LogP contribution >= 0.6 is 15.9 Å². The average molecular weight is 265 g/mol. The molecule has 1 nitrogen and oxygen atoms in total. The van der Waals surface area contributed by atoms with E-state index < -0.39 is 0 Å². The Kier molecular flexibility index (Phi) is 2.20. The van der Waals surface area contributed by atoms with Gasteiger partial charge in [0, 0.05) is 16.0 Å². The monoisotopic (exact) mass is 264 g/mol. The molecule has 1 aromatic carbocycles. The lowest BCUT2D eigenvalue weighted by Gasteiger charge is -2.24. The first-order valence-electron chi connectivity index (χ1n) is 5.61. The summed E-state index contributed by atoms with van der Waals surface area (Å²) in [6.07, 6.45) is 4.80. The number of carbonyl (C=O) groups is 1. The largest absolute Gasteiger partial charge is 0.294 e. The van der Waals surface area contributed by atoms with Gasteiger partial charge in [-0.2, -0.15) is 0 Å². The Bertz CT molecular complexity index is 425. The van der Waals surface area contributed by atoms with Crippen LogP contribution in [0.25, 0.3) is 0 Å². The molecule has 2 unspecified atom stereocenters. The molecule has 2 heteroatoms. The summed E-state index contributed by atoms with van der Waals surface area (Å²) in [5.41, 5.74) is 2.27. The van der Waals surface area contributed by atoms with Gasteiger partial charge in [0.1, 0.15) is 0 Å². The first kappa shape index (κ1) is 9.59. The number of ketones is 1. The van der Waals surface area contributed by atoms with Crippen molar-refractivity contribution in [2.45, 2.75) is 31.6 Å². The van der Waals surface area contributed by atoms with Gasteiger partial charge in [-0.15, -0.1) is 0 Å². The lowest BCUT2D eigenvalue weighted by atomic mass is 9.79. The molecule has 0 bridgehead atoms. The fourth-order valence-electron chi connectivity index (χ4n) is 3.08. The molecule has 2 aliphatic rings. The summed E-state index contributed by atoms with van der Waals surface area (Å²) < 4.78 is 1.02. The molecule has 0 aliphatic heterocycles. The summed E-state index contributed by atoms with van der Waals surface area (Å²) >= 11 is 3.44. The first-order chi connectivity index (χ1) is 7.27. The Labute approximate surface area is 98.0 Å². The second-order valence-electron chi connectivity index (χ2n) is 4.59. The molecule has 15 heavy (non-hydrogen) atoms. The smallest absolute Gasteiger partial charge is 0.166 e. The number of carbonyl (C=O) groups excluding carboxylic acids is 1. The topological polar surface area (TPSA) is 17.1 Å². The van der Waals surface area contributed by atoms with Crippen molar-refractivity contribution < 1.29 is 4.79 Å². The predicted molar refractivity (Wildman–Crippen MR) is 63.2 cm³/mol. The van der Waals surface area contributed by atoms with Crippen molar-refractivity contribution in [3.63, 3.8) is 0 Å². The lowest BCUT2D eigenvalue weighted by molar-refractivity contribution is 0.0898. The van der Waals surface area contributed by atoms with Crippen molar-refractivity contribution in [3.05, 3.63) is 33.8 Å². The van der Waals surface area contributed by atoms with Gasteiger partial charge in [-0.3, -0.25) is 4.79 Å². The number of halogens is 1. The molecule has 1 fully saturated rings. The minimum atomic E-state index is 0.294. The van der Waals surface area contributed by atoms with Crippen LogP contribution in [0.3, 0.4) is 0 Å². The van der Waals surface area contributed by atoms with E-state index in [9.17, 15) is 4.79 Å². The van der Waals surface area contributed by atoms with Crippen LogP contribution in [0.4, 0.5) is 0 Å². The zero-order valence-corrected chi connectivity index (χ0v) is 10.1. The van der Waals surface area contributed by atoms with Crippen LogP contribution < -0.4 is 0 Å². The van der Waals surface area contributed by atoms with Crippen molar-refractivity contribution in [2.75, 3.05) is 0 Å². The number of fused-ring (bicyclic) bond motifs is 3. The van der Waals surface area contributed by atoms with Gasteiger partial charge in [-0.05, 0) is 36.5 Å². The van der Waals surface area contributed by atoms with Crippen LogP contribution in [0, 0.1) is 5.92 Å². The van der Waals surface area contributed by atoms with E-state index in [-0.39, 0.29) is 0 Å². The van der Waals surface area contributed by atoms with E-state index in [0.29, 0.717) is 17.6 Å². The van der Waals surface area contributed by atoms with Crippen molar-refractivity contribution in [2.24, 2.45) is 5.92 Å². The summed E-state index contributed by atoms with van der Waals surface area (Å²) in [4.78, 5) is 12.2. The molecule has 0 amide bonds. The number of benzene rings is 1. The maximum absolute atomic E-state index is 12.2. The first-order valence-corrected chi connectivity index (χ1v) is 6.40. The van der Waals surface area contributed by atoms with E-state index in [1.165, 1.54) is 24.8 Å². The third-order valence-corrected chi connectivity index (χ3v) is 4.28. The van der Waals surface area contributed by atoms with Gasteiger partial charge in [0.15, 0.2) is 5.78 Å². The third-order valence-electron chi connectivity index (χ3n) is 3.78. The third kappa shape index (κ3) is 1.38. The Morgan fingerprint density at radius 3 is 2.67 bits per heavy atom. The molecule has 0 N–H and O–H groups in total. The molecule has 0 radical (unpaired) electrons. The normalized spacial score (nSPS) is 28.7. The number of hydrogen-bond acceptors (Lipinski definition) is 1. The molecule has 0 aromatic heterocycles. The van der Waals surface area contributed by atoms with Gasteiger partial charge in [-0.1, -0.05) is 34.8 Å². The Morgan fingerprint density at radius 2 is 1.87 bits per heavy atom. The van der Waals surface area contributed by atoms with Gasteiger partial charge < -0.3 is 0 Å². The summed E-state index contributed by atoms with van der Waals surface area (Å²) in [5.74, 6) is 1.20. The van der Waals surface area contributed by atoms with Crippen molar-refractivity contribution in [3.8, 4) is 0 Å². The highest BCUT2D eigenvalue weighted by Crippen LogP contribution is 2.46. The molecule has 2 aliphatic carbocycles. The Morgan fingerprint density at radius 1 is 1.13 bits per heavy atom. The average Bonchev–Trinajstić information content (AvgIpc) is 2.54. The maximum Gasteiger partial charge on any atom is 0.166 e. The highest BCUT2D eigenvalue weighted by atomic mass is 79.9. The summed E-state index contributed by atoms with van der Waals surface area (Å²) in [5, 5.41) is 0. The van der Waals surface area contributed by atoms with Crippen molar-refractivity contribution in [1.82, 2.24) is 0 Å². The van der Waals surface area contributed by atoms with Crippen LogP contribution in [0.5, 0.6) is 0 Å². The highest BCUT2D eigenvalue weighted by Gasteiger charge is 2.40. The number of hydrogen-bond donors (Lipinski definition) is 0. The van der Waals surface area contributed by atoms with E-state index in [1.807, 2.05) is 6.07 Å². The van der Waals surface area contributed by atoms with Gasteiger partial charge in [0.05, 0.1) is 0 Å². The standard InChI is InChI=1S/C13H13BrO/c14-8-5-6-10-9-3-1-2-4-11(9)13(15)12(10)7-8/h5-7,9,11H,1-4H2. The van der Waals surface area contributed by atoms with Crippen LogP contribution in [0.15, 0.2) is 22.7 Å². The molecule has 3 rings (SSSR count). The Hall–Kier alpha value is -0.630. The zero-order chi connectivity index (χ0) is 10.4. The molecule has 78 valence electrons. The van der Waals surface area contributed by atoms with Crippen LogP contribution in [0.2, 0.25) is 0 Å². The second-order valence-corrected chi connectivity index (χ2v) is 5.51. The molecule has 0 heterocycles. The number of rotatable bonds is 0. The van der Waals surface area contributed by atoms with Gasteiger partial charge in [-0.25, -0.2) is 0 Å². The highest BCUT2D eigenvalue weighted by molar-refractivity contribution is 9.10. The maximum atomic E-state index is 12.2. The lowest BCUT2D eigenvalue weighted by Crippen LogP contribution is -2.17. The van der Waals surface area contributed by atoms with E-state index in [4.69, 9.17) is 0 Å². The van der Waals surface area contributed by atoms with E-state index in [2.05, 4.69) is 28.1 Å². The fraction of sp³-hybridized carbons (Fsp3) is 0.462.